The van der Waals surface area contributed by atoms with Gasteiger partial charge >= 0.3 is 6.18 Å². The maximum Gasteiger partial charge on any atom is 0.416 e. The molecule has 4 rings (SSSR count). The fourth-order valence-corrected chi connectivity index (χ4v) is 6.04. The van der Waals surface area contributed by atoms with E-state index in [9.17, 15) is 22.8 Å². The lowest BCUT2D eigenvalue weighted by Gasteiger charge is -2.44. The largest absolute Gasteiger partial charge is 0.416 e. The van der Waals surface area contributed by atoms with E-state index in [1.54, 1.807) is 16.7 Å². The molecule has 1 aromatic heterocycles. The lowest BCUT2D eigenvalue weighted by atomic mass is 10.0. The van der Waals surface area contributed by atoms with Crippen molar-refractivity contribution in [3.05, 3.63) is 57.8 Å². The van der Waals surface area contributed by atoms with Gasteiger partial charge in [-0.2, -0.15) is 13.2 Å². The number of carbonyl (C=O) groups excluding carboxylic acids is 2. The van der Waals surface area contributed by atoms with Gasteiger partial charge in [0.2, 0.25) is 0 Å². The van der Waals surface area contributed by atoms with Crippen LogP contribution in [0, 0.1) is 0 Å². The summed E-state index contributed by atoms with van der Waals surface area (Å²) in [6.45, 7) is 1.50. The third-order valence-corrected chi connectivity index (χ3v) is 7.83. The average Bonchev–Trinajstić information content (AvgIpc) is 3.38. The first kappa shape index (κ1) is 20.3. The van der Waals surface area contributed by atoms with Crippen molar-refractivity contribution in [2.24, 2.45) is 0 Å². The Bertz CT molecular complexity index is 907. The summed E-state index contributed by atoms with van der Waals surface area (Å²) in [6, 6.07) is 8.21. The van der Waals surface area contributed by atoms with Crippen molar-refractivity contribution < 1.29 is 22.8 Å². The van der Waals surface area contributed by atoms with Crippen molar-refractivity contribution in [3.8, 4) is 0 Å². The Morgan fingerprint density at radius 2 is 1.76 bits per heavy atom. The fraction of sp³-hybridized carbons (Fsp3) is 0.400. The number of nitrogens with zero attached hydrogens (tertiary/aromatic N) is 2. The molecule has 9 heteroatoms. The summed E-state index contributed by atoms with van der Waals surface area (Å²) in [4.78, 5) is 29.5. The van der Waals surface area contributed by atoms with E-state index in [0.717, 1.165) is 17.9 Å². The SMILES string of the molecule is O=C(c1cccc(C(F)(F)F)c1)N1CCC2(CC1)SCCN2C(=O)c1cccs1. The second kappa shape index (κ2) is 7.68. The number of carbonyl (C=O) groups is 2. The van der Waals surface area contributed by atoms with Crippen LogP contribution in [-0.2, 0) is 6.18 Å². The van der Waals surface area contributed by atoms with Crippen LogP contribution in [0.3, 0.4) is 0 Å². The molecule has 2 aliphatic heterocycles. The van der Waals surface area contributed by atoms with Crippen molar-refractivity contribution in [3.63, 3.8) is 0 Å². The molecule has 0 N–H and O–H groups in total. The first-order chi connectivity index (χ1) is 13.8. The molecular formula is C20H19F3N2O2S2. The second-order valence-corrected chi connectivity index (χ2v) is 9.50. The smallest absolute Gasteiger partial charge is 0.338 e. The lowest BCUT2D eigenvalue weighted by molar-refractivity contribution is -0.137. The molecule has 2 aromatic rings. The van der Waals surface area contributed by atoms with Crippen LogP contribution in [0.15, 0.2) is 41.8 Å². The van der Waals surface area contributed by atoms with Crippen LogP contribution in [0.5, 0.6) is 0 Å². The van der Waals surface area contributed by atoms with E-state index in [4.69, 9.17) is 0 Å². The maximum atomic E-state index is 12.9. The number of hydrogen-bond acceptors (Lipinski definition) is 4. The molecule has 0 aliphatic carbocycles. The molecule has 4 nitrogen and oxygen atoms in total. The first-order valence-electron chi connectivity index (χ1n) is 9.26. The van der Waals surface area contributed by atoms with E-state index in [-0.39, 0.29) is 16.3 Å². The van der Waals surface area contributed by atoms with Crippen LogP contribution >= 0.6 is 23.1 Å². The highest BCUT2D eigenvalue weighted by Gasteiger charge is 2.47. The number of benzene rings is 1. The number of piperidine rings is 1. The molecule has 0 saturated carbocycles. The third kappa shape index (κ3) is 3.90. The molecule has 3 heterocycles. The summed E-state index contributed by atoms with van der Waals surface area (Å²) >= 11 is 3.15. The normalized spacial score (nSPS) is 19.0. The molecule has 154 valence electrons. The van der Waals surface area contributed by atoms with E-state index in [1.807, 2.05) is 22.4 Å². The number of alkyl halides is 3. The van der Waals surface area contributed by atoms with Gasteiger partial charge in [-0.15, -0.1) is 23.1 Å². The Labute approximate surface area is 174 Å². The van der Waals surface area contributed by atoms with Crippen LogP contribution in [0.25, 0.3) is 0 Å². The topological polar surface area (TPSA) is 40.6 Å². The molecule has 0 atom stereocenters. The second-order valence-electron chi connectivity index (χ2n) is 7.10. The van der Waals surface area contributed by atoms with Gasteiger partial charge < -0.3 is 9.80 Å². The summed E-state index contributed by atoms with van der Waals surface area (Å²) < 4.78 is 38.8. The van der Waals surface area contributed by atoms with Crippen molar-refractivity contribution in [1.82, 2.24) is 9.80 Å². The predicted molar refractivity (Wildman–Crippen MR) is 107 cm³/mol. The minimum atomic E-state index is -4.48. The number of thioether (sulfide) groups is 1. The Morgan fingerprint density at radius 3 is 2.41 bits per heavy atom. The van der Waals surface area contributed by atoms with Gasteiger partial charge in [0.15, 0.2) is 0 Å². The maximum absolute atomic E-state index is 12.9. The first-order valence-corrected chi connectivity index (χ1v) is 11.1. The number of thiophene rings is 1. The summed E-state index contributed by atoms with van der Waals surface area (Å²) in [5.74, 6) is 0.464. The minimum Gasteiger partial charge on any atom is -0.338 e. The van der Waals surface area contributed by atoms with E-state index >= 15 is 0 Å². The van der Waals surface area contributed by atoms with Crippen molar-refractivity contribution in [2.45, 2.75) is 23.9 Å². The van der Waals surface area contributed by atoms with Crippen LogP contribution in [-0.4, -0.2) is 51.9 Å². The molecular weight excluding hydrogens is 421 g/mol. The van der Waals surface area contributed by atoms with Gasteiger partial charge in [-0.3, -0.25) is 9.59 Å². The Balaban J connectivity index is 1.46. The molecule has 0 radical (unpaired) electrons. The van der Waals surface area contributed by atoms with E-state index in [2.05, 4.69) is 0 Å². The number of rotatable bonds is 2. The zero-order chi connectivity index (χ0) is 20.6. The molecule has 29 heavy (non-hydrogen) atoms. The van der Waals surface area contributed by atoms with E-state index in [1.165, 1.54) is 23.5 Å². The van der Waals surface area contributed by atoms with Gasteiger partial charge in [-0.1, -0.05) is 12.1 Å². The number of likely N-dealkylation sites (tertiary alicyclic amines) is 1. The summed E-state index contributed by atoms with van der Waals surface area (Å²) in [5.41, 5.74) is -0.780. The highest BCUT2D eigenvalue weighted by molar-refractivity contribution is 8.00. The van der Waals surface area contributed by atoms with Crippen LogP contribution < -0.4 is 0 Å². The fourth-order valence-electron chi connectivity index (χ4n) is 3.91. The van der Waals surface area contributed by atoms with Crippen molar-refractivity contribution >= 4 is 34.9 Å². The zero-order valence-electron chi connectivity index (χ0n) is 15.4. The van der Waals surface area contributed by atoms with E-state index in [0.29, 0.717) is 37.4 Å². The standard InChI is InChI=1S/C20H19F3N2O2S2/c21-20(22,23)15-4-1-3-14(13-15)17(26)24-8-6-19(7-9-24)25(10-12-29-19)18(27)16-5-2-11-28-16/h1-5,11,13H,6-10,12H2. The Hall–Kier alpha value is -2.00. The quantitative estimate of drug-likeness (QED) is 0.686. The van der Waals surface area contributed by atoms with Crippen molar-refractivity contribution in [1.29, 1.82) is 0 Å². The molecule has 2 saturated heterocycles. The van der Waals surface area contributed by atoms with Gasteiger partial charge in [-0.25, -0.2) is 0 Å². The molecule has 2 aliphatic rings. The van der Waals surface area contributed by atoms with Crippen LogP contribution in [0.4, 0.5) is 13.2 Å². The van der Waals surface area contributed by atoms with Gasteiger partial charge in [0.1, 0.15) is 0 Å². The van der Waals surface area contributed by atoms with E-state index < -0.39 is 17.6 Å². The van der Waals surface area contributed by atoms with Gasteiger partial charge in [0.05, 0.1) is 15.3 Å². The molecule has 2 fully saturated rings. The molecule has 2 amide bonds. The van der Waals surface area contributed by atoms with Gasteiger partial charge in [-0.05, 0) is 42.5 Å². The highest BCUT2D eigenvalue weighted by atomic mass is 32.2. The molecule has 0 unspecified atom stereocenters. The monoisotopic (exact) mass is 440 g/mol. The molecule has 0 bridgehead atoms. The number of halogens is 3. The molecule has 1 aromatic carbocycles. The van der Waals surface area contributed by atoms with Gasteiger partial charge in [0.25, 0.3) is 11.8 Å². The highest BCUT2D eigenvalue weighted by Crippen LogP contribution is 2.45. The molecule has 1 spiro atoms. The Kier molecular flexibility index (Phi) is 5.37. The number of amides is 2. The minimum absolute atomic E-state index is 0.0163. The number of hydrogen-bond donors (Lipinski definition) is 0. The lowest BCUT2D eigenvalue weighted by Crippen LogP contribution is -2.53. The zero-order valence-corrected chi connectivity index (χ0v) is 17.1. The summed E-state index contributed by atoms with van der Waals surface area (Å²) in [6.07, 6.45) is -3.26. The summed E-state index contributed by atoms with van der Waals surface area (Å²) in [5, 5.41) is 1.87. The van der Waals surface area contributed by atoms with Gasteiger partial charge in [0, 0.05) is 31.0 Å². The van der Waals surface area contributed by atoms with Crippen LogP contribution in [0.2, 0.25) is 0 Å². The average molecular weight is 441 g/mol. The van der Waals surface area contributed by atoms with Crippen molar-refractivity contribution in [2.75, 3.05) is 25.4 Å². The van der Waals surface area contributed by atoms with Crippen LogP contribution in [0.1, 0.15) is 38.4 Å². The third-order valence-electron chi connectivity index (χ3n) is 5.42. The Morgan fingerprint density at radius 1 is 1.00 bits per heavy atom. The predicted octanol–water partition coefficient (Wildman–Crippen LogP) is 4.59. The summed E-state index contributed by atoms with van der Waals surface area (Å²) in [7, 11) is 0.